The number of cyclic esters (lactones) is 1. The number of esters is 1. The molecule has 25 heavy (non-hydrogen) atoms. The Morgan fingerprint density at radius 1 is 0.960 bits per heavy atom. The molecule has 0 bridgehead atoms. The van der Waals surface area contributed by atoms with Crippen LogP contribution in [0.2, 0.25) is 0 Å². The van der Waals surface area contributed by atoms with Crippen molar-refractivity contribution in [1.82, 2.24) is 0 Å². The number of carbonyl (C=O) groups excluding carboxylic acids is 1. The summed E-state index contributed by atoms with van der Waals surface area (Å²) >= 11 is 0. The van der Waals surface area contributed by atoms with Crippen LogP contribution in [0, 0.1) is 0 Å². The fraction of sp³-hybridized carbons (Fsp3) is 0.158. The zero-order valence-electron chi connectivity index (χ0n) is 14.1. The highest BCUT2D eigenvalue weighted by molar-refractivity contribution is 6.13. The number of hydrogen-bond donors (Lipinski definition) is 0. The minimum Gasteiger partial charge on any atom is -0.497 e. The Morgan fingerprint density at radius 2 is 1.72 bits per heavy atom. The number of methoxy groups -OCH3 is 3. The number of nitrogens with zero attached hydrogens (tertiary/aromatic N) is 1. The third-order valence-electron chi connectivity index (χ3n) is 3.69. The molecule has 0 amide bonds. The van der Waals surface area contributed by atoms with Gasteiger partial charge >= 0.3 is 5.97 Å². The highest BCUT2D eigenvalue weighted by Crippen LogP contribution is 2.29. The number of para-hydroxylation sites is 1. The summed E-state index contributed by atoms with van der Waals surface area (Å²) in [6.07, 6.45) is 1.60. The van der Waals surface area contributed by atoms with Gasteiger partial charge in [-0.15, -0.1) is 0 Å². The quantitative estimate of drug-likeness (QED) is 0.619. The van der Waals surface area contributed by atoms with Crippen molar-refractivity contribution >= 4 is 17.9 Å². The summed E-state index contributed by atoms with van der Waals surface area (Å²) in [5.41, 5.74) is 1.45. The number of aliphatic imine (C=N–C) groups is 1. The predicted octanol–water partition coefficient (Wildman–Crippen LogP) is 3.06. The lowest BCUT2D eigenvalue weighted by Gasteiger charge is -2.07. The zero-order chi connectivity index (χ0) is 17.8. The molecule has 128 valence electrons. The minimum absolute atomic E-state index is 0.174. The van der Waals surface area contributed by atoms with Crippen LogP contribution in [0.3, 0.4) is 0 Å². The summed E-state index contributed by atoms with van der Waals surface area (Å²) in [4.78, 5) is 16.5. The van der Waals surface area contributed by atoms with E-state index in [1.54, 1.807) is 57.7 Å². The van der Waals surface area contributed by atoms with Gasteiger partial charge in [0.2, 0.25) is 5.90 Å². The summed E-state index contributed by atoms with van der Waals surface area (Å²) in [7, 11) is 4.68. The maximum Gasteiger partial charge on any atom is 0.363 e. The first-order valence-electron chi connectivity index (χ1n) is 7.54. The van der Waals surface area contributed by atoms with Crippen LogP contribution in [0.1, 0.15) is 11.1 Å². The average molecular weight is 339 g/mol. The lowest BCUT2D eigenvalue weighted by molar-refractivity contribution is -0.129. The van der Waals surface area contributed by atoms with Crippen molar-refractivity contribution < 1.29 is 23.7 Å². The van der Waals surface area contributed by atoms with Gasteiger partial charge in [0.25, 0.3) is 0 Å². The number of carbonyl (C=O) groups is 1. The van der Waals surface area contributed by atoms with Crippen LogP contribution in [0.25, 0.3) is 6.08 Å². The molecule has 6 nitrogen and oxygen atoms in total. The molecular formula is C19H17NO5. The molecule has 0 aliphatic carbocycles. The van der Waals surface area contributed by atoms with E-state index in [0.717, 1.165) is 0 Å². The number of ether oxygens (including phenoxy) is 4. The van der Waals surface area contributed by atoms with Gasteiger partial charge in [0.05, 0.1) is 26.9 Å². The maximum absolute atomic E-state index is 12.2. The standard InChI is InChI=1S/C19H17NO5/c1-22-13-8-9-16(23-2)12(10-13)11-15-19(21)25-18(20-15)14-6-4-5-7-17(14)24-3/h4-11H,1-3H3. The van der Waals surface area contributed by atoms with Gasteiger partial charge in [-0.1, -0.05) is 12.1 Å². The van der Waals surface area contributed by atoms with Crippen molar-refractivity contribution in [2.75, 3.05) is 21.3 Å². The first-order valence-corrected chi connectivity index (χ1v) is 7.54. The van der Waals surface area contributed by atoms with Gasteiger partial charge in [0.1, 0.15) is 17.2 Å². The Hall–Kier alpha value is -3.28. The van der Waals surface area contributed by atoms with Crippen LogP contribution in [0.15, 0.2) is 53.2 Å². The molecule has 0 saturated heterocycles. The van der Waals surface area contributed by atoms with E-state index in [-0.39, 0.29) is 11.6 Å². The predicted molar refractivity (Wildman–Crippen MR) is 93.1 cm³/mol. The fourth-order valence-corrected chi connectivity index (χ4v) is 2.45. The van der Waals surface area contributed by atoms with E-state index in [9.17, 15) is 4.79 Å². The molecule has 1 heterocycles. The van der Waals surface area contributed by atoms with Crippen LogP contribution in [0.4, 0.5) is 0 Å². The summed E-state index contributed by atoms with van der Waals surface area (Å²) in [6, 6.07) is 12.5. The van der Waals surface area contributed by atoms with E-state index < -0.39 is 5.97 Å². The number of hydrogen-bond acceptors (Lipinski definition) is 6. The zero-order valence-corrected chi connectivity index (χ0v) is 14.1. The van der Waals surface area contributed by atoms with Crippen LogP contribution in [-0.2, 0) is 9.53 Å². The van der Waals surface area contributed by atoms with Crippen LogP contribution < -0.4 is 14.2 Å². The molecule has 0 atom stereocenters. The molecule has 6 heteroatoms. The first-order chi connectivity index (χ1) is 12.2. The summed E-state index contributed by atoms with van der Waals surface area (Å²) in [5.74, 6) is 1.49. The average Bonchev–Trinajstić information content (AvgIpc) is 3.02. The minimum atomic E-state index is -0.536. The lowest BCUT2D eigenvalue weighted by atomic mass is 10.1. The number of rotatable bonds is 5. The van der Waals surface area contributed by atoms with E-state index in [2.05, 4.69) is 4.99 Å². The first kappa shape index (κ1) is 16.6. The molecule has 0 saturated carbocycles. The van der Waals surface area contributed by atoms with Crippen molar-refractivity contribution in [2.45, 2.75) is 0 Å². The lowest BCUT2D eigenvalue weighted by Crippen LogP contribution is -2.06. The van der Waals surface area contributed by atoms with Gasteiger partial charge in [-0.05, 0) is 36.4 Å². The van der Waals surface area contributed by atoms with Crippen LogP contribution in [0.5, 0.6) is 17.2 Å². The van der Waals surface area contributed by atoms with Gasteiger partial charge in [-0.3, -0.25) is 0 Å². The molecule has 1 aliphatic heterocycles. The highest BCUT2D eigenvalue weighted by Gasteiger charge is 2.26. The normalized spacial score (nSPS) is 14.9. The molecule has 0 aromatic heterocycles. The molecule has 2 aromatic rings. The molecule has 2 aromatic carbocycles. The second-order valence-electron chi connectivity index (χ2n) is 5.14. The van der Waals surface area contributed by atoms with Crippen molar-refractivity contribution in [3.63, 3.8) is 0 Å². The molecule has 0 fully saturated rings. The van der Waals surface area contributed by atoms with Gasteiger partial charge in [-0.2, -0.15) is 0 Å². The molecule has 3 rings (SSSR count). The molecule has 0 radical (unpaired) electrons. The maximum atomic E-state index is 12.2. The van der Waals surface area contributed by atoms with Crippen molar-refractivity contribution in [3.8, 4) is 17.2 Å². The molecular weight excluding hydrogens is 322 g/mol. The molecule has 0 N–H and O–H groups in total. The summed E-state index contributed by atoms with van der Waals surface area (Å²) in [6.45, 7) is 0. The van der Waals surface area contributed by atoms with Gasteiger partial charge in [0.15, 0.2) is 5.70 Å². The van der Waals surface area contributed by atoms with Crippen LogP contribution in [-0.4, -0.2) is 33.2 Å². The van der Waals surface area contributed by atoms with E-state index >= 15 is 0 Å². The second kappa shape index (κ2) is 7.09. The number of benzene rings is 2. The second-order valence-corrected chi connectivity index (χ2v) is 5.14. The molecule has 0 spiro atoms. The smallest absolute Gasteiger partial charge is 0.363 e. The van der Waals surface area contributed by atoms with E-state index in [0.29, 0.717) is 28.4 Å². The van der Waals surface area contributed by atoms with Crippen molar-refractivity contribution in [1.29, 1.82) is 0 Å². The highest BCUT2D eigenvalue weighted by atomic mass is 16.6. The molecule has 0 unspecified atom stereocenters. The largest absolute Gasteiger partial charge is 0.497 e. The Balaban J connectivity index is 2.02. The Morgan fingerprint density at radius 3 is 2.44 bits per heavy atom. The fourth-order valence-electron chi connectivity index (χ4n) is 2.45. The third kappa shape index (κ3) is 3.33. The third-order valence-corrected chi connectivity index (χ3v) is 3.69. The van der Waals surface area contributed by atoms with Gasteiger partial charge in [-0.25, -0.2) is 9.79 Å². The van der Waals surface area contributed by atoms with Crippen molar-refractivity contribution in [3.05, 3.63) is 59.3 Å². The molecule has 1 aliphatic rings. The van der Waals surface area contributed by atoms with Gasteiger partial charge in [0, 0.05) is 5.56 Å². The van der Waals surface area contributed by atoms with E-state index in [1.807, 2.05) is 12.1 Å². The Bertz CT molecular complexity index is 870. The van der Waals surface area contributed by atoms with E-state index in [1.165, 1.54) is 0 Å². The SMILES string of the molecule is COc1ccc(OC)c(C=C2N=C(c3ccccc3OC)OC2=O)c1. The Kier molecular flexibility index (Phi) is 4.70. The Labute approximate surface area is 145 Å². The summed E-state index contributed by atoms with van der Waals surface area (Å²) in [5, 5.41) is 0. The van der Waals surface area contributed by atoms with Crippen molar-refractivity contribution in [2.24, 2.45) is 4.99 Å². The monoisotopic (exact) mass is 339 g/mol. The summed E-state index contributed by atoms with van der Waals surface area (Å²) < 4.78 is 21.1. The topological polar surface area (TPSA) is 66.3 Å². The van der Waals surface area contributed by atoms with E-state index in [4.69, 9.17) is 18.9 Å². The van der Waals surface area contributed by atoms with Gasteiger partial charge < -0.3 is 18.9 Å². The van der Waals surface area contributed by atoms with Crippen LogP contribution >= 0.6 is 0 Å².